The van der Waals surface area contributed by atoms with Crippen molar-refractivity contribution in [2.24, 2.45) is 0 Å². The molecule has 0 unspecified atom stereocenters. The number of benzene rings is 1. The minimum atomic E-state index is -3.28. The Morgan fingerprint density at radius 1 is 1.18 bits per heavy atom. The van der Waals surface area contributed by atoms with Gasteiger partial charge < -0.3 is 10.1 Å². The standard InChI is InChI=1S/C16H20N2O3S/c1-13-7-3-4-8-14(13)21-12-6-11-18-16-15(22(2,19)20)9-5-10-17-16/h3-5,7-10H,6,11-12H2,1-2H3,(H,17,18). The van der Waals surface area contributed by atoms with E-state index in [2.05, 4.69) is 10.3 Å². The molecular weight excluding hydrogens is 300 g/mol. The molecule has 0 saturated heterocycles. The number of anilines is 1. The van der Waals surface area contributed by atoms with E-state index < -0.39 is 9.84 Å². The van der Waals surface area contributed by atoms with Crippen LogP contribution < -0.4 is 10.1 Å². The van der Waals surface area contributed by atoms with Crippen LogP contribution in [0.4, 0.5) is 5.82 Å². The summed E-state index contributed by atoms with van der Waals surface area (Å²) in [5, 5.41) is 3.05. The van der Waals surface area contributed by atoms with Crippen LogP contribution in [0.1, 0.15) is 12.0 Å². The van der Waals surface area contributed by atoms with Crippen molar-refractivity contribution in [1.29, 1.82) is 0 Å². The molecule has 0 aliphatic rings. The van der Waals surface area contributed by atoms with Crippen LogP contribution in [-0.2, 0) is 9.84 Å². The van der Waals surface area contributed by atoms with Crippen LogP contribution >= 0.6 is 0 Å². The zero-order valence-corrected chi connectivity index (χ0v) is 13.6. The molecule has 5 nitrogen and oxygen atoms in total. The summed E-state index contributed by atoms with van der Waals surface area (Å²) >= 11 is 0. The van der Waals surface area contributed by atoms with Crippen LogP contribution in [0.25, 0.3) is 0 Å². The number of nitrogens with one attached hydrogen (secondary N) is 1. The van der Waals surface area contributed by atoms with Crippen molar-refractivity contribution in [3.63, 3.8) is 0 Å². The molecule has 0 fully saturated rings. The fourth-order valence-corrected chi connectivity index (χ4v) is 2.80. The van der Waals surface area contributed by atoms with Crippen LogP contribution in [-0.4, -0.2) is 32.8 Å². The summed E-state index contributed by atoms with van der Waals surface area (Å²) in [6.45, 7) is 3.14. The van der Waals surface area contributed by atoms with E-state index in [-0.39, 0.29) is 4.90 Å². The van der Waals surface area contributed by atoms with Crippen molar-refractivity contribution in [1.82, 2.24) is 4.98 Å². The van der Waals surface area contributed by atoms with Crippen molar-refractivity contribution in [2.45, 2.75) is 18.2 Å². The van der Waals surface area contributed by atoms with Crippen LogP contribution in [0.3, 0.4) is 0 Å². The van der Waals surface area contributed by atoms with Gasteiger partial charge in [-0.15, -0.1) is 0 Å². The number of rotatable bonds is 7. The number of ether oxygens (including phenoxy) is 1. The minimum absolute atomic E-state index is 0.217. The molecule has 6 heteroatoms. The molecule has 0 bridgehead atoms. The number of pyridine rings is 1. The number of para-hydroxylation sites is 1. The van der Waals surface area contributed by atoms with E-state index in [9.17, 15) is 8.42 Å². The first-order valence-electron chi connectivity index (χ1n) is 7.06. The summed E-state index contributed by atoms with van der Waals surface area (Å²) < 4.78 is 29.0. The highest BCUT2D eigenvalue weighted by Crippen LogP contribution is 2.18. The Kier molecular flexibility index (Phi) is 5.38. The number of hydrogen-bond donors (Lipinski definition) is 1. The molecule has 0 aliphatic carbocycles. The second kappa shape index (κ2) is 7.26. The fraction of sp³-hybridized carbons (Fsp3) is 0.312. The highest BCUT2D eigenvalue weighted by atomic mass is 32.2. The van der Waals surface area contributed by atoms with Gasteiger partial charge in [0.25, 0.3) is 0 Å². The molecular formula is C16H20N2O3S. The van der Waals surface area contributed by atoms with Gasteiger partial charge in [-0.1, -0.05) is 18.2 Å². The van der Waals surface area contributed by atoms with E-state index in [1.165, 1.54) is 6.26 Å². The number of nitrogens with zero attached hydrogens (tertiary/aromatic N) is 1. The molecule has 2 aromatic rings. The number of aromatic nitrogens is 1. The summed E-state index contributed by atoms with van der Waals surface area (Å²) in [5.74, 6) is 1.26. The summed E-state index contributed by atoms with van der Waals surface area (Å²) in [5.41, 5.74) is 1.10. The van der Waals surface area contributed by atoms with Crippen molar-refractivity contribution in [2.75, 3.05) is 24.7 Å². The summed E-state index contributed by atoms with van der Waals surface area (Å²) in [6.07, 6.45) is 3.49. The van der Waals surface area contributed by atoms with Gasteiger partial charge in [0.1, 0.15) is 16.5 Å². The van der Waals surface area contributed by atoms with Crippen LogP contribution in [0.5, 0.6) is 5.75 Å². The SMILES string of the molecule is Cc1ccccc1OCCCNc1ncccc1S(C)(=O)=O. The third-order valence-corrected chi connectivity index (χ3v) is 4.26. The predicted molar refractivity (Wildman–Crippen MR) is 87.1 cm³/mol. The lowest BCUT2D eigenvalue weighted by molar-refractivity contribution is 0.313. The first-order valence-corrected chi connectivity index (χ1v) is 8.95. The van der Waals surface area contributed by atoms with Gasteiger partial charge in [0, 0.05) is 19.0 Å². The van der Waals surface area contributed by atoms with Gasteiger partial charge in [-0.25, -0.2) is 13.4 Å². The van der Waals surface area contributed by atoms with Gasteiger partial charge in [-0.3, -0.25) is 0 Å². The molecule has 0 amide bonds. The Morgan fingerprint density at radius 2 is 1.95 bits per heavy atom. The molecule has 2 rings (SSSR count). The highest BCUT2D eigenvalue weighted by Gasteiger charge is 2.13. The van der Waals surface area contributed by atoms with Gasteiger partial charge in [0.05, 0.1) is 6.61 Å². The number of aryl methyl sites for hydroxylation is 1. The fourth-order valence-electron chi connectivity index (χ4n) is 2.00. The van der Waals surface area contributed by atoms with Crippen LogP contribution in [0.2, 0.25) is 0 Å². The summed E-state index contributed by atoms with van der Waals surface area (Å²) in [6, 6.07) is 11.0. The first-order chi connectivity index (χ1) is 10.5. The molecule has 0 aliphatic heterocycles. The highest BCUT2D eigenvalue weighted by molar-refractivity contribution is 7.90. The summed E-state index contributed by atoms with van der Waals surface area (Å²) in [4.78, 5) is 4.30. The monoisotopic (exact) mass is 320 g/mol. The van der Waals surface area contributed by atoms with E-state index in [1.54, 1.807) is 18.3 Å². The molecule has 1 aromatic carbocycles. The molecule has 1 aromatic heterocycles. The third kappa shape index (κ3) is 4.46. The maximum Gasteiger partial charge on any atom is 0.179 e. The van der Waals surface area contributed by atoms with E-state index in [4.69, 9.17) is 4.74 Å². The van der Waals surface area contributed by atoms with Gasteiger partial charge in [-0.2, -0.15) is 0 Å². The molecule has 0 atom stereocenters. The predicted octanol–water partition coefficient (Wildman–Crippen LogP) is 2.67. The smallest absolute Gasteiger partial charge is 0.179 e. The molecule has 0 spiro atoms. The van der Waals surface area contributed by atoms with Crippen LogP contribution in [0, 0.1) is 6.92 Å². The van der Waals surface area contributed by atoms with Gasteiger partial charge in [0.2, 0.25) is 0 Å². The lowest BCUT2D eigenvalue weighted by Crippen LogP contribution is -2.11. The van der Waals surface area contributed by atoms with Crippen molar-refractivity contribution < 1.29 is 13.2 Å². The topological polar surface area (TPSA) is 68.3 Å². The average Bonchev–Trinajstić information content (AvgIpc) is 2.48. The Bertz CT molecular complexity index is 730. The lowest BCUT2D eigenvalue weighted by Gasteiger charge is -2.11. The average molecular weight is 320 g/mol. The Balaban J connectivity index is 1.84. The molecule has 0 saturated carbocycles. The normalized spacial score (nSPS) is 11.2. The molecule has 1 N–H and O–H groups in total. The maximum absolute atomic E-state index is 11.7. The maximum atomic E-state index is 11.7. The van der Waals surface area contributed by atoms with E-state index in [0.29, 0.717) is 19.0 Å². The minimum Gasteiger partial charge on any atom is -0.493 e. The van der Waals surface area contributed by atoms with E-state index in [1.807, 2.05) is 31.2 Å². The molecule has 22 heavy (non-hydrogen) atoms. The van der Waals surface area contributed by atoms with Crippen molar-refractivity contribution in [3.05, 3.63) is 48.2 Å². The number of hydrogen-bond acceptors (Lipinski definition) is 5. The zero-order chi connectivity index (χ0) is 16.0. The van der Waals surface area contributed by atoms with Crippen molar-refractivity contribution in [3.8, 4) is 5.75 Å². The van der Waals surface area contributed by atoms with Crippen molar-refractivity contribution >= 4 is 15.7 Å². The quantitative estimate of drug-likeness (QED) is 0.794. The second-order valence-electron chi connectivity index (χ2n) is 5.02. The van der Waals surface area contributed by atoms with Gasteiger partial charge in [-0.05, 0) is 37.1 Å². The van der Waals surface area contributed by atoms with Gasteiger partial charge in [0.15, 0.2) is 9.84 Å². The Hall–Kier alpha value is -2.08. The largest absolute Gasteiger partial charge is 0.493 e. The van der Waals surface area contributed by atoms with E-state index >= 15 is 0 Å². The molecule has 118 valence electrons. The van der Waals surface area contributed by atoms with Crippen LogP contribution in [0.15, 0.2) is 47.5 Å². The lowest BCUT2D eigenvalue weighted by atomic mass is 10.2. The molecule has 1 heterocycles. The summed E-state index contributed by atoms with van der Waals surface area (Å²) in [7, 11) is -3.28. The zero-order valence-electron chi connectivity index (χ0n) is 12.7. The first kappa shape index (κ1) is 16.3. The molecule has 0 radical (unpaired) electrons. The number of sulfone groups is 1. The third-order valence-electron chi connectivity index (χ3n) is 3.13. The Labute approximate surface area is 131 Å². The Morgan fingerprint density at radius 3 is 2.68 bits per heavy atom. The second-order valence-corrected chi connectivity index (χ2v) is 7.00. The van der Waals surface area contributed by atoms with E-state index in [0.717, 1.165) is 17.7 Å². The van der Waals surface area contributed by atoms with Gasteiger partial charge >= 0.3 is 0 Å².